The SMILES string of the molecule is CC(C)c1ccc(OCc2nnc(SCCNC(=O)OCC(F)(F)F)n2N)cc1. The van der Waals surface area contributed by atoms with Crippen LogP contribution in [0, 0.1) is 0 Å². The average Bonchev–Trinajstić information content (AvgIpc) is 3.01. The summed E-state index contributed by atoms with van der Waals surface area (Å²) in [5.74, 6) is 7.74. The molecule has 0 saturated heterocycles. The van der Waals surface area contributed by atoms with Gasteiger partial charge in [0.25, 0.3) is 0 Å². The minimum Gasteiger partial charge on any atom is -0.486 e. The van der Waals surface area contributed by atoms with Crippen LogP contribution in [0.15, 0.2) is 29.4 Å². The van der Waals surface area contributed by atoms with Gasteiger partial charge < -0.3 is 20.6 Å². The topological polar surface area (TPSA) is 104 Å². The van der Waals surface area contributed by atoms with E-state index in [0.717, 1.165) is 0 Å². The molecule has 0 atom stereocenters. The van der Waals surface area contributed by atoms with Crippen LogP contribution in [0.3, 0.4) is 0 Å². The molecule has 1 aromatic carbocycles. The van der Waals surface area contributed by atoms with Gasteiger partial charge in [-0.15, -0.1) is 10.2 Å². The van der Waals surface area contributed by atoms with Gasteiger partial charge in [0.15, 0.2) is 12.4 Å². The molecule has 1 aromatic heterocycles. The smallest absolute Gasteiger partial charge is 0.422 e. The Morgan fingerprint density at radius 2 is 1.97 bits per heavy atom. The lowest BCUT2D eigenvalue weighted by atomic mass is 10.0. The molecule has 3 N–H and O–H groups in total. The van der Waals surface area contributed by atoms with E-state index in [1.807, 2.05) is 24.3 Å². The van der Waals surface area contributed by atoms with Crippen molar-refractivity contribution >= 4 is 17.9 Å². The normalized spacial score (nSPS) is 11.5. The van der Waals surface area contributed by atoms with Crippen LogP contribution in [0.25, 0.3) is 0 Å². The molecule has 0 aliphatic rings. The van der Waals surface area contributed by atoms with Crippen molar-refractivity contribution in [1.82, 2.24) is 20.2 Å². The number of alkyl carbamates (subject to hydrolysis) is 1. The maximum absolute atomic E-state index is 11.9. The standard InChI is InChI=1S/C17H22F3N5O3S/c1-11(2)12-3-5-13(6-4-12)27-9-14-23-24-15(25(14)21)29-8-7-22-16(26)28-10-17(18,19)20/h3-6,11H,7-10,21H2,1-2H3,(H,22,26). The van der Waals surface area contributed by atoms with Crippen molar-refractivity contribution in [2.75, 3.05) is 24.7 Å². The first kappa shape index (κ1) is 22.7. The number of nitrogen functional groups attached to an aromatic ring is 1. The van der Waals surface area contributed by atoms with Crippen molar-refractivity contribution in [2.24, 2.45) is 0 Å². The number of aromatic nitrogens is 3. The van der Waals surface area contributed by atoms with Crippen LogP contribution < -0.4 is 15.9 Å². The van der Waals surface area contributed by atoms with E-state index < -0.39 is 18.9 Å². The highest BCUT2D eigenvalue weighted by Gasteiger charge is 2.29. The summed E-state index contributed by atoms with van der Waals surface area (Å²) in [6.07, 6.45) is -5.70. The second-order valence-corrected chi connectivity index (χ2v) is 7.31. The maximum Gasteiger partial charge on any atom is 0.422 e. The Balaban J connectivity index is 1.74. The number of ether oxygens (including phenoxy) is 2. The molecule has 160 valence electrons. The van der Waals surface area contributed by atoms with E-state index in [4.69, 9.17) is 10.6 Å². The van der Waals surface area contributed by atoms with Gasteiger partial charge in [-0.25, -0.2) is 9.47 Å². The Morgan fingerprint density at radius 1 is 1.28 bits per heavy atom. The zero-order valence-corrected chi connectivity index (χ0v) is 16.7. The number of carbonyl (C=O) groups is 1. The zero-order valence-electron chi connectivity index (χ0n) is 15.9. The van der Waals surface area contributed by atoms with E-state index in [9.17, 15) is 18.0 Å². The van der Waals surface area contributed by atoms with Gasteiger partial charge in [-0.3, -0.25) is 0 Å². The van der Waals surface area contributed by atoms with Gasteiger partial charge in [0.1, 0.15) is 12.4 Å². The Labute approximate surface area is 169 Å². The molecule has 0 unspecified atom stereocenters. The zero-order chi connectivity index (χ0) is 21.4. The van der Waals surface area contributed by atoms with E-state index in [1.54, 1.807) is 0 Å². The molecule has 0 spiro atoms. The van der Waals surface area contributed by atoms with Crippen LogP contribution in [-0.4, -0.2) is 46.0 Å². The predicted molar refractivity (Wildman–Crippen MR) is 101 cm³/mol. The van der Waals surface area contributed by atoms with E-state index in [2.05, 4.69) is 34.1 Å². The van der Waals surface area contributed by atoms with Gasteiger partial charge in [-0.1, -0.05) is 37.7 Å². The Kier molecular flexibility index (Phi) is 8.00. The van der Waals surface area contributed by atoms with Gasteiger partial charge in [-0.05, 0) is 23.6 Å². The minimum atomic E-state index is -4.56. The number of benzene rings is 1. The first-order valence-corrected chi connectivity index (χ1v) is 9.66. The van der Waals surface area contributed by atoms with Crippen LogP contribution in [0.5, 0.6) is 5.75 Å². The number of nitrogens with one attached hydrogen (secondary N) is 1. The highest BCUT2D eigenvalue weighted by Crippen LogP contribution is 2.20. The molecule has 0 bridgehead atoms. The minimum absolute atomic E-state index is 0.0717. The predicted octanol–water partition coefficient (Wildman–Crippen LogP) is 3.07. The number of nitrogens with zero attached hydrogens (tertiary/aromatic N) is 3. The largest absolute Gasteiger partial charge is 0.486 e. The summed E-state index contributed by atoms with van der Waals surface area (Å²) < 4.78 is 46.8. The summed E-state index contributed by atoms with van der Waals surface area (Å²) in [5, 5.41) is 10.5. The molecule has 0 aliphatic carbocycles. The second kappa shape index (κ2) is 10.2. The Bertz CT molecular complexity index is 797. The summed E-state index contributed by atoms with van der Waals surface area (Å²) in [6.45, 7) is 2.77. The van der Waals surface area contributed by atoms with Gasteiger partial charge in [-0.2, -0.15) is 13.2 Å². The summed E-state index contributed by atoms with van der Waals surface area (Å²) >= 11 is 1.18. The number of nitrogens with two attached hydrogens (primary N) is 1. The van der Waals surface area contributed by atoms with E-state index in [0.29, 0.717) is 28.4 Å². The number of alkyl halides is 3. The van der Waals surface area contributed by atoms with Gasteiger partial charge in [0.05, 0.1) is 0 Å². The molecule has 12 heteroatoms. The highest BCUT2D eigenvalue weighted by atomic mass is 32.2. The first-order valence-electron chi connectivity index (χ1n) is 8.68. The quantitative estimate of drug-likeness (QED) is 0.356. The number of halogens is 3. The second-order valence-electron chi connectivity index (χ2n) is 6.25. The molecule has 1 heterocycles. The monoisotopic (exact) mass is 433 g/mol. The van der Waals surface area contributed by atoms with Crippen molar-refractivity contribution in [2.45, 2.75) is 37.7 Å². The molecule has 0 aliphatic heterocycles. The molecule has 0 saturated carbocycles. The fourth-order valence-corrected chi connectivity index (χ4v) is 2.82. The lowest BCUT2D eigenvalue weighted by molar-refractivity contribution is -0.160. The Morgan fingerprint density at radius 3 is 2.59 bits per heavy atom. The number of thioether (sulfide) groups is 1. The lowest BCUT2D eigenvalue weighted by Crippen LogP contribution is -2.30. The maximum atomic E-state index is 11.9. The molecule has 0 radical (unpaired) electrons. The molecular weight excluding hydrogens is 411 g/mol. The van der Waals surface area contributed by atoms with Crippen LogP contribution in [0.1, 0.15) is 31.2 Å². The average molecular weight is 433 g/mol. The fourth-order valence-electron chi connectivity index (χ4n) is 2.09. The van der Waals surface area contributed by atoms with Crippen molar-refractivity contribution < 1.29 is 27.4 Å². The Hall–Kier alpha value is -2.63. The van der Waals surface area contributed by atoms with E-state index >= 15 is 0 Å². The van der Waals surface area contributed by atoms with Crippen molar-refractivity contribution in [3.63, 3.8) is 0 Å². The number of rotatable bonds is 9. The lowest BCUT2D eigenvalue weighted by Gasteiger charge is -2.09. The van der Waals surface area contributed by atoms with Crippen molar-refractivity contribution in [3.8, 4) is 5.75 Å². The molecule has 0 fully saturated rings. The number of amides is 1. The van der Waals surface area contributed by atoms with Crippen molar-refractivity contribution in [3.05, 3.63) is 35.7 Å². The third kappa shape index (κ3) is 7.72. The highest BCUT2D eigenvalue weighted by molar-refractivity contribution is 7.99. The third-order valence-electron chi connectivity index (χ3n) is 3.62. The van der Waals surface area contributed by atoms with Gasteiger partial charge in [0.2, 0.25) is 5.16 Å². The third-order valence-corrected chi connectivity index (χ3v) is 4.56. The molecule has 2 aromatic rings. The number of carbonyl (C=O) groups excluding carboxylic acids is 1. The van der Waals surface area contributed by atoms with Crippen LogP contribution in [-0.2, 0) is 11.3 Å². The molecule has 8 nitrogen and oxygen atoms in total. The van der Waals surface area contributed by atoms with Crippen LogP contribution in [0.4, 0.5) is 18.0 Å². The first-order chi connectivity index (χ1) is 13.7. The molecule has 2 rings (SSSR count). The fraction of sp³-hybridized carbons (Fsp3) is 0.471. The molecule has 1 amide bonds. The number of hydrogen-bond acceptors (Lipinski definition) is 7. The molecule has 29 heavy (non-hydrogen) atoms. The summed E-state index contributed by atoms with van der Waals surface area (Å²) in [5.41, 5.74) is 1.20. The molecular formula is C17H22F3N5O3S. The summed E-state index contributed by atoms with van der Waals surface area (Å²) in [6, 6.07) is 7.71. The van der Waals surface area contributed by atoms with Gasteiger partial charge in [0, 0.05) is 12.3 Å². The summed E-state index contributed by atoms with van der Waals surface area (Å²) in [7, 11) is 0. The van der Waals surface area contributed by atoms with E-state index in [-0.39, 0.29) is 13.2 Å². The van der Waals surface area contributed by atoms with Crippen LogP contribution in [0.2, 0.25) is 0 Å². The van der Waals surface area contributed by atoms with Crippen molar-refractivity contribution in [1.29, 1.82) is 0 Å². The summed E-state index contributed by atoms with van der Waals surface area (Å²) in [4.78, 5) is 11.1. The number of hydrogen-bond donors (Lipinski definition) is 2. The van der Waals surface area contributed by atoms with Gasteiger partial charge >= 0.3 is 12.3 Å². The van der Waals surface area contributed by atoms with E-state index in [1.165, 1.54) is 22.0 Å². The van der Waals surface area contributed by atoms with Crippen LogP contribution >= 0.6 is 11.8 Å².